The number of nitrogens with zero attached hydrogens (tertiary/aromatic N) is 4. The molecule has 22 heavy (non-hydrogen) atoms. The number of carbonyl (C=O) groups is 1. The first-order chi connectivity index (χ1) is 10.6. The molecule has 1 amide bonds. The van der Waals surface area contributed by atoms with Crippen molar-refractivity contribution in [1.29, 1.82) is 5.26 Å². The maximum atomic E-state index is 12.0. The van der Waals surface area contributed by atoms with Crippen LogP contribution in [0.3, 0.4) is 0 Å². The predicted octanol–water partition coefficient (Wildman–Crippen LogP) is 2.63. The minimum absolute atomic E-state index is 0.224. The normalized spacial score (nSPS) is 9.41. The van der Waals surface area contributed by atoms with E-state index in [1.54, 1.807) is 6.20 Å². The Bertz CT molecular complexity index is 675. The Balaban J connectivity index is 0.00000116. The van der Waals surface area contributed by atoms with E-state index >= 15 is 0 Å². The molecule has 2 aromatic rings. The van der Waals surface area contributed by atoms with E-state index in [1.165, 1.54) is 17.5 Å². The van der Waals surface area contributed by atoms with Crippen LogP contribution in [0.5, 0.6) is 0 Å². The molecule has 6 nitrogen and oxygen atoms in total. The van der Waals surface area contributed by atoms with Gasteiger partial charge in [0.15, 0.2) is 5.69 Å². The topological polar surface area (TPSA) is 91.6 Å². The molecule has 0 unspecified atom stereocenters. The lowest BCUT2D eigenvalue weighted by molar-refractivity contribution is 0.0945. The second-order valence-corrected chi connectivity index (χ2v) is 5.36. The number of hydrogen-bond donors (Lipinski definition) is 1. The molecule has 0 aromatic carbocycles. The maximum Gasteiger partial charge on any atom is 0.271 e. The van der Waals surface area contributed by atoms with Gasteiger partial charge in [-0.2, -0.15) is 5.26 Å². The van der Waals surface area contributed by atoms with E-state index in [9.17, 15) is 4.79 Å². The zero-order valence-corrected chi connectivity index (χ0v) is 14.0. The van der Waals surface area contributed by atoms with Crippen LogP contribution in [0.1, 0.15) is 52.5 Å². The molecule has 0 spiro atoms. The van der Waals surface area contributed by atoms with Gasteiger partial charge in [-0.3, -0.25) is 4.79 Å². The zero-order valence-electron chi connectivity index (χ0n) is 13.2. The van der Waals surface area contributed by atoms with Crippen LogP contribution in [0.2, 0.25) is 0 Å². The molecule has 7 heteroatoms. The quantitative estimate of drug-likeness (QED) is 0.936. The maximum absolute atomic E-state index is 12.0. The highest BCUT2D eigenvalue weighted by Crippen LogP contribution is 2.11. The van der Waals surface area contributed by atoms with Crippen molar-refractivity contribution in [3.05, 3.63) is 39.4 Å². The van der Waals surface area contributed by atoms with Crippen LogP contribution in [0.4, 0.5) is 0 Å². The average molecular weight is 317 g/mol. The summed E-state index contributed by atoms with van der Waals surface area (Å²) in [5.41, 5.74) is 1.03. The van der Waals surface area contributed by atoms with Crippen molar-refractivity contribution in [3.63, 3.8) is 0 Å². The van der Waals surface area contributed by atoms with E-state index in [-0.39, 0.29) is 17.3 Å². The molecule has 2 heterocycles. The molecule has 1 N–H and O–H groups in total. The number of aromatic nitrogens is 3. The van der Waals surface area contributed by atoms with E-state index in [2.05, 4.69) is 20.3 Å². The van der Waals surface area contributed by atoms with Gasteiger partial charge in [0.05, 0.1) is 23.4 Å². The first-order valence-corrected chi connectivity index (χ1v) is 7.91. The fourth-order valence-electron chi connectivity index (χ4n) is 1.62. The van der Waals surface area contributed by atoms with Gasteiger partial charge in [-0.1, -0.05) is 20.8 Å². The summed E-state index contributed by atoms with van der Waals surface area (Å²) >= 11 is 1.53. The first kappa shape index (κ1) is 17.7. The highest BCUT2D eigenvalue weighted by Gasteiger charge is 2.12. The zero-order chi connectivity index (χ0) is 16.5. The standard InChI is InChI=1S/C13H13N5OS.C2H6/c1-3-10-11(4-14)16-7-12(18-10)13(19)17-6-9-5-15-8(2)20-9;1-2/h5,7H,3,6H2,1-2H3,(H,17,19);1-2H3. The molecule has 0 aliphatic heterocycles. The molecule has 0 saturated carbocycles. The number of nitriles is 1. The van der Waals surface area contributed by atoms with Crippen LogP contribution in [-0.2, 0) is 13.0 Å². The molecule has 0 aliphatic rings. The summed E-state index contributed by atoms with van der Waals surface area (Å²) in [5.74, 6) is -0.303. The summed E-state index contributed by atoms with van der Waals surface area (Å²) in [6.45, 7) is 8.19. The number of rotatable bonds is 4. The average Bonchev–Trinajstić information content (AvgIpc) is 2.99. The summed E-state index contributed by atoms with van der Waals surface area (Å²) in [5, 5.41) is 12.6. The van der Waals surface area contributed by atoms with Crippen molar-refractivity contribution in [2.45, 2.75) is 40.7 Å². The molecular weight excluding hydrogens is 298 g/mol. The number of aryl methyl sites for hydroxylation is 2. The van der Waals surface area contributed by atoms with Crippen molar-refractivity contribution in [1.82, 2.24) is 20.3 Å². The van der Waals surface area contributed by atoms with Gasteiger partial charge in [0.2, 0.25) is 0 Å². The molecule has 116 valence electrons. The van der Waals surface area contributed by atoms with Crippen molar-refractivity contribution < 1.29 is 4.79 Å². The molecule has 0 aliphatic carbocycles. The molecule has 0 radical (unpaired) electrons. The number of nitrogens with one attached hydrogen (secondary N) is 1. The van der Waals surface area contributed by atoms with Gasteiger partial charge in [0.1, 0.15) is 11.8 Å². The van der Waals surface area contributed by atoms with Gasteiger partial charge in [0, 0.05) is 11.1 Å². The highest BCUT2D eigenvalue weighted by atomic mass is 32.1. The Hall–Kier alpha value is -2.33. The summed E-state index contributed by atoms with van der Waals surface area (Å²) < 4.78 is 0. The minimum Gasteiger partial charge on any atom is -0.346 e. The minimum atomic E-state index is -0.303. The summed E-state index contributed by atoms with van der Waals surface area (Å²) in [6.07, 6.45) is 3.62. The Labute approximate surface area is 134 Å². The molecule has 2 aromatic heterocycles. The van der Waals surface area contributed by atoms with Crippen molar-refractivity contribution >= 4 is 17.2 Å². The number of amides is 1. The third-order valence-corrected chi connectivity index (χ3v) is 3.52. The first-order valence-electron chi connectivity index (χ1n) is 7.09. The Morgan fingerprint density at radius 2 is 2.09 bits per heavy atom. The Morgan fingerprint density at radius 3 is 2.64 bits per heavy atom. The van der Waals surface area contributed by atoms with Gasteiger partial charge in [0.25, 0.3) is 5.91 Å². The summed E-state index contributed by atoms with van der Waals surface area (Å²) in [4.78, 5) is 25.2. The van der Waals surface area contributed by atoms with Crippen LogP contribution >= 0.6 is 11.3 Å². The van der Waals surface area contributed by atoms with Gasteiger partial charge >= 0.3 is 0 Å². The van der Waals surface area contributed by atoms with Gasteiger partial charge < -0.3 is 5.32 Å². The Kier molecular flexibility index (Phi) is 7.13. The molecule has 0 fully saturated rings. The third-order valence-electron chi connectivity index (χ3n) is 2.61. The van der Waals surface area contributed by atoms with E-state index in [0.717, 1.165) is 9.88 Å². The van der Waals surface area contributed by atoms with E-state index in [4.69, 9.17) is 5.26 Å². The van der Waals surface area contributed by atoms with Crippen LogP contribution < -0.4 is 5.32 Å². The summed E-state index contributed by atoms with van der Waals surface area (Å²) in [6, 6.07) is 1.96. The smallest absolute Gasteiger partial charge is 0.271 e. The number of hydrogen-bond acceptors (Lipinski definition) is 6. The van der Waals surface area contributed by atoms with Crippen LogP contribution in [0.15, 0.2) is 12.4 Å². The largest absolute Gasteiger partial charge is 0.346 e. The van der Waals surface area contributed by atoms with E-state index in [0.29, 0.717) is 18.7 Å². The third kappa shape index (κ3) is 4.60. The molecule has 2 rings (SSSR count). The number of carbonyl (C=O) groups excluding carboxylic acids is 1. The molecule has 0 saturated heterocycles. The van der Waals surface area contributed by atoms with Crippen molar-refractivity contribution in [2.24, 2.45) is 0 Å². The molecule has 0 atom stereocenters. The van der Waals surface area contributed by atoms with Crippen LogP contribution in [0.25, 0.3) is 0 Å². The fraction of sp³-hybridized carbons (Fsp3) is 0.400. The lowest BCUT2D eigenvalue weighted by atomic mass is 10.2. The lowest BCUT2D eigenvalue weighted by Crippen LogP contribution is -2.24. The van der Waals surface area contributed by atoms with Crippen LogP contribution in [0, 0.1) is 18.3 Å². The molecule has 0 bridgehead atoms. The van der Waals surface area contributed by atoms with Crippen molar-refractivity contribution in [2.75, 3.05) is 0 Å². The SMILES string of the molecule is CC.CCc1nc(C(=O)NCc2cnc(C)s2)cnc1C#N. The second-order valence-electron chi connectivity index (χ2n) is 4.04. The van der Waals surface area contributed by atoms with Crippen LogP contribution in [-0.4, -0.2) is 20.9 Å². The van der Waals surface area contributed by atoms with E-state index in [1.807, 2.05) is 33.8 Å². The monoisotopic (exact) mass is 317 g/mol. The lowest BCUT2D eigenvalue weighted by Gasteiger charge is -2.05. The Morgan fingerprint density at radius 1 is 1.36 bits per heavy atom. The van der Waals surface area contributed by atoms with Gasteiger partial charge in [-0.25, -0.2) is 15.0 Å². The second kappa shape index (κ2) is 8.85. The van der Waals surface area contributed by atoms with Gasteiger partial charge in [-0.15, -0.1) is 11.3 Å². The highest BCUT2D eigenvalue weighted by molar-refractivity contribution is 7.11. The number of thiazole rings is 1. The van der Waals surface area contributed by atoms with E-state index < -0.39 is 0 Å². The summed E-state index contributed by atoms with van der Waals surface area (Å²) in [7, 11) is 0. The van der Waals surface area contributed by atoms with Crippen molar-refractivity contribution in [3.8, 4) is 6.07 Å². The molecular formula is C15H19N5OS. The fourth-order valence-corrected chi connectivity index (χ4v) is 2.36. The predicted molar refractivity (Wildman–Crippen MR) is 85.5 cm³/mol. The van der Waals surface area contributed by atoms with Gasteiger partial charge in [-0.05, 0) is 13.3 Å².